The van der Waals surface area contributed by atoms with Gasteiger partial charge in [0.05, 0.1) is 18.2 Å². The fourth-order valence-corrected chi connectivity index (χ4v) is 1.69. The van der Waals surface area contributed by atoms with Crippen LogP contribution in [0.1, 0.15) is 15.9 Å². The number of carbonyl (C=O) groups is 1. The highest BCUT2D eigenvalue weighted by Crippen LogP contribution is 2.32. The summed E-state index contributed by atoms with van der Waals surface area (Å²) in [6.45, 7) is 0. The van der Waals surface area contributed by atoms with E-state index in [1.807, 2.05) is 0 Å². The van der Waals surface area contributed by atoms with E-state index in [1.165, 1.54) is 43.5 Å². The Balaban J connectivity index is 2.47. The molecule has 98 valence electrons. The molecule has 2 aromatic carbocycles. The summed E-state index contributed by atoms with van der Waals surface area (Å²) in [5, 5.41) is 28.8. The number of phenolic OH excluding ortho intramolecular Hbond substituents is 3. The third-order valence-electron chi connectivity index (χ3n) is 2.71. The van der Waals surface area contributed by atoms with E-state index in [-0.39, 0.29) is 22.6 Å². The second-order valence-corrected chi connectivity index (χ2v) is 3.89. The van der Waals surface area contributed by atoms with Gasteiger partial charge >= 0.3 is 0 Å². The highest BCUT2D eigenvalue weighted by atomic mass is 16.5. The summed E-state index contributed by atoms with van der Waals surface area (Å²) in [4.78, 5) is 12.2. The molecule has 0 radical (unpaired) electrons. The zero-order chi connectivity index (χ0) is 14.0. The number of ether oxygens (including phenoxy) is 1. The Labute approximate surface area is 109 Å². The molecule has 0 heterocycles. The average Bonchev–Trinajstić information content (AvgIpc) is 2.41. The topological polar surface area (TPSA) is 87.0 Å². The first-order valence-corrected chi connectivity index (χ1v) is 5.47. The smallest absolute Gasteiger partial charge is 0.200 e. The summed E-state index contributed by atoms with van der Waals surface area (Å²) in [5.74, 6) is -1.34. The maximum atomic E-state index is 12.2. The number of methoxy groups -OCH3 is 1. The summed E-state index contributed by atoms with van der Waals surface area (Å²) < 4.78 is 4.92. The minimum Gasteiger partial charge on any atom is -0.507 e. The summed E-state index contributed by atoms with van der Waals surface area (Å²) in [6, 6.07) is 8.27. The third-order valence-corrected chi connectivity index (χ3v) is 2.71. The van der Waals surface area contributed by atoms with E-state index in [0.29, 0.717) is 5.75 Å². The van der Waals surface area contributed by atoms with Crippen molar-refractivity contribution in [1.29, 1.82) is 0 Å². The average molecular weight is 260 g/mol. The largest absolute Gasteiger partial charge is 0.507 e. The first kappa shape index (κ1) is 12.8. The summed E-state index contributed by atoms with van der Waals surface area (Å²) in [7, 11) is 1.44. The molecule has 0 aliphatic rings. The van der Waals surface area contributed by atoms with Crippen LogP contribution < -0.4 is 4.74 Å². The van der Waals surface area contributed by atoms with Crippen molar-refractivity contribution in [2.24, 2.45) is 0 Å². The van der Waals surface area contributed by atoms with Crippen molar-refractivity contribution in [3.8, 4) is 23.0 Å². The van der Waals surface area contributed by atoms with Gasteiger partial charge in [0.2, 0.25) is 5.78 Å². The predicted octanol–water partition coefficient (Wildman–Crippen LogP) is 2.04. The molecule has 3 N–H and O–H groups in total. The Bertz CT molecular complexity index is 634. The van der Waals surface area contributed by atoms with Gasteiger partial charge in [-0.2, -0.15) is 0 Å². The van der Waals surface area contributed by atoms with Crippen LogP contribution in [-0.2, 0) is 0 Å². The maximum Gasteiger partial charge on any atom is 0.200 e. The molecule has 5 heteroatoms. The van der Waals surface area contributed by atoms with E-state index in [0.717, 1.165) is 0 Å². The maximum absolute atomic E-state index is 12.2. The normalized spacial score (nSPS) is 10.2. The van der Waals surface area contributed by atoms with Crippen molar-refractivity contribution >= 4 is 5.78 Å². The number of aromatic hydroxyl groups is 3. The van der Waals surface area contributed by atoms with Crippen LogP contribution in [0.4, 0.5) is 0 Å². The number of phenols is 3. The molecule has 2 rings (SSSR count). The van der Waals surface area contributed by atoms with Gasteiger partial charge in [-0.3, -0.25) is 4.79 Å². The van der Waals surface area contributed by atoms with Gasteiger partial charge in [0, 0.05) is 6.07 Å². The number of rotatable bonds is 3. The van der Waals surface area contributed by atoms with Crippen LogP contribution in [0.5, 0.6) is 23.0 Å². The van der Waals surface area contributed by atoms with Crippen molar-refractivity contribution in [3.63, 3.8) is 0 Å². The van der Waals surface area contributed by atoms with Gasteiger partial charge in [-0.15, -0.1) is 0 Å². The minimum atomic E-state index is -0.589. The highest BCUT2D eigenvalue weighted by molar-refractivity contribution is 6.12. The predicted molar refractivity (Wildman–Crippen MR) is 67.9 cm³/mol. The number of ketones is 1. The zero-order valence-electron chi connectivity index (χ0n) is 10.1. The molecule has 2 aromatic rings. The summed E-state index contributed by atoms with van der Waals surface area (Å²) >= 11 is 0. The second-order valence-electron chi connectivity index (χ2n) is 3.89. The van der Waals surface area contributed by atoms with E-state index in [2.05, 4.69) is 0 Å². The lowest BCUT2D eigenvalue weighted by Crippen LogP contribution is -2.02. The lowest BCUT2D eigenvalue weighted by Gasteiger charge is -2.08. The molecule has 0 saturated heterocycles. The van der Waals surface area contributed by atoms with Gasteiger partial charge in [-0.05, 0) is 24.3 Å². The highest BCUT2D eigenvalue weighted by Gasteiger charge is 2.19. The molecule has 5 nitrogen and oxygen atoms in total. The zero-order valence-corrected chi connectivity index (χ0v) is 10.1. The quantitative estimate of drug-likeness (QED) is 0.580. The first-order valence-electron chi connectivity index (χ1n) is 5.47. The van der Waals surface area contributed by atoms with Crippen molar-refractivity contribution in [3.05, 3.63) is 47.5 Å². The fraction of sp³-hybridized carbons (Fsp3) is 0.0714. The van der Waals surface area contributed by atoms with E-state index in [1.54, 1.807) is 0 Å². The number of hydrogen-bond donors (Lipinski definition) is 3. The molecule has 19 heavy (non-hydrogen) atoms. The van der Waals surface area contributed by atoms with Gasteiger partial charge in [-0.25, -0.2) is 0 Å². The molecular formula is C14H12O5. The Kier molecular flexibility index (Phi) is 3.29. The molecular weight excluding hydrogens is 248 g/mol. The molecule has 0 aromatic heterocycles. The lowest BCUT2D eigenvalue weighted by molar-refractivity contribution is 0.103. The SMILES string of the molecule is COc1ccc(C(=O)c2cccc(O)c2O)c(O)c1. The number of hydrogen-bond acceptors (Lipinski definition) is 5. The fourth-order valence-electron chi connectivity index (χ4n) is 1.69. The standard InChI is InChI=1S/C14H12O5/c1-19-8-5-6-9(12(16)7-8)13(17)10-3-2-4-11(15)14(10)18/h2-7,15-16,18H,1H3. The van der Waals surface area contributed by atoms with Crippen LogP contribution in [-0.4, -0.2) is 28.2 Å². The molecule has 0 saturated carbocycles. The molecule has 0 spiro atoms. The number of para-hydroxylation sites is 1. The van der Waals surface area contributed by atoms with Crippen LogP contribution in [0, 0.1) is 0 Å². The molecule has 0 unspecified atom stereocenters. The Morgan fingerprint density at radius 3 is 2.37 bits per heavy atom. The van der Waals surface area contributed by atoms with Gasteiger partial charge < -0.3 is 20.1 Å². The van der Waals surface area contributed by atoms with Crippen molar-refractivity contribution in [2.75, 3.05) is 7.11 Å². The van der Waals surface area contributed by atoms with E-state index >= 15 is 0 Å². The van der Waals surface area contributed by atoms with E-state index in [9.17, 15) is 20.1 Å². The van der Waals surface area contributed by atoms with Gasteiger partial charge in [0.15, 0.2) is 11.5 Å². The van der Waals surface area contributed by atoms with Crippen LogP contribution in [0.3, 0.4) is 0 Å². The Morgan fingerprint density at radius 2 is 1.74 bits per heavy atom. The number of carbonyl (C=O) groups excluding carboxylic acids is 1. The van der Waals surface area contributed by atoms with Gasteiger partial charge in [0.1, 0.15) is 11.5 Å². The third kappa shape index (κ3) is 2.30. The Hall–Kier alpha value is -2.69. The molecule has 0 bridgehead atoms. The lowest BCUT2D eigenvalue weighted by atomic mass is 10.0. The molecule has 0 fully saturated rings. The molecule has 0 atom stereocenters. The minimum absolute atomic E-state index is 0.0155. The Morgan fingerprint density at radius 1 is 1.00 bits per heavy atom. The number of benzene rings is 2. The molecule has 0 aliphatic heterocycles. The summed E-state index contributed by atoms with van der Waals surface area (Å²) in [6.07, 6.45) is 0. The molecule has 0 amide bonds. The van der Waals surface area contributed by atoms with Gasteiger partial charge in [-0.1, -0.05) is 6.07 Å². The van der Waals surface area contributed by atoms with Crippen molar-refractivity contribution in [2.45, 2.75) is 0 Å². The summed E-state index contributed by atoms with van der Waals surface area (Å²) in [5.41, 5.74) is -0.0674. The van der Waals surface area contributed by atoms with E-state index in [4.69, 9.17) is 4.74 Å². The van der Waals surface area contributed by atoms with E-state index < -0.39 is 11.5 Å². The molecule has 0 aliphatic carbocycles. The second kappa shape index (κ2) is 4.89. The van der Waals surface area contributed by atoms with Crippen molar-refractivity contribution in [1.82, 2.24) is 0 Å². The monoisotopic (exact) mass is 260 g/mol. The van der Waals surface area contributed by atoms with Crippen LogP contribution in [0.2, 0.25) is 0 Å². The van der Waals surface area contributed by atoms with Crippen LogP contribution >= 0.6 is 0 Å². The van der Waals surface area contributed by atoms with Gasteiger partial charge in [0.25, 0.3) is 0 Å². The van der Waals surface area contributed by atoms with Crippen LogP contribution in [0.15, 0.2) is 36.4 Å². The van der Waals surface area contributed by atoms with Crippen molar-refractivity contribution < 1.29 is 24.9 Å². The van der Waals surface area contributed by atoms with Crippen LogP contribution in [0.25, 0.3) is 0 Å². The first-order chi connectivity index (χ1) is 9.04.